The molecule has 1 saturated heterocycles. The van der Waals surface area contributed by atoms with E-state index >= 15 is 0 Å². The van der Waals surface area contributed by atoms with Crippen LogP contribution in [0.3, 0.4) is 0 Å². The molecule has 1 spiro atoms. The minimum absolute atomic E-state index is 0.184. The normalized spacial score (nSPS) is 54.0. The summed E-state index contributed by atoms with van der Waals surface area (Å²) in [7, 11) is 0. The number of ether oxygens (including phenoxy) is 1. The molecule has 4 aliphatic carbocycles. The number of carbonyl (C=O) groups excluding carboxylic acids is 1. The van der Waals surface area contributed by atoms with Crippen LogP contribution in [0.2, 0.25) is 0 Å². The third kappa shape index (κ3) is 2.68. The Morgan fingerprint density at radius 2 is 1.96 bits per heavy atom. The molecule has 26 heavy (non-hydrogen) atoms. The van der Waals surface area contributed by atoms with Crippen molar-refractivity contribution in [1.82, 2.24) is 0 Å². The van der Waals surface area contributed by atoms with E-state index in [1.54, 1.807) is 0 Å². The molecule has 5 aliphatic rings. The van der Waals surface area contributed by atoms with Crippen molar-refractivity contribution >= 4 is 28.6 Å². The molecule has 0 amide bonds. The summed E-state index contributed by atoms with van der Waals surface area (Å²) in [4.78, 5) is 13.4. The summed E-state index contributed by atoms with van der Waals surface area (Å²) in [6, 6.07) is 0. The first-order valence-corrected chi connectivity index (χ1v) is 14.5. The van der Waals surface area contributed by atoms with Gasteiger partial charge in [-0.15, -0.1) is 0 Å². The van der Waals surface area contributed by atoms with Gasteiger partial charge in [-0.05, 0) is 0 Å². The number of carbonyl (C=O) groups is 1. The second-order valence-corrected chi connectivity index (χ2v) is 17.8. The SMILES string of the molecule is CCC(C)(OC(=O)C1CC(C)CC12[I-]C2I)C1CCC2C3CCC(C3)C21. The minimum atomic E-state index is -0.220. The summed E-state index contributed by atoms with van der Waals surface area (Å²) in [6.07, 6.45) is 10.5. The topological polar surface area (TPSA) is 26.3 Å². The first kappa shape index (κ1) is 18.9. The van der Waals surface area contributed by atoms with Gasteiger partial charge in [-0.1, -0.05) is 0 Å². The molecule has 2 bridgehead atoms. The summed E-state index contributed by atoms with van der Waals surface area (Å²) < 4.78 is 7.72. The monoisotopic (exact) mass is 583 g/mol. The van der Waals surface area contributed by atoms with E-state index in [-0.39, 0.29) is 38.7 Å². The Kier molecular flexibility index (Phi) is 4.71. The van der Waals surface area contributed by atoms with Gasteiger partial charge in [-0.3, -0.25) is 0 Å². The molecule has 2 nitrogen and oxygen atoms in total. The predicted octanol–water partition coefficient (Wildman–Crippen LogP) is 2.42. The molecule has 1 aliphatic heterocycles. The number of esters is 1. The van der Waals surface area contributed by atoms with Gasteiger partial charge in [0, 0.05) is 0 Å². The molecule has 148 valence electrons. The van der Waals surface area contributed by atoms with Crippen molar-refractivity contribution in [3.05, 3.63) is 0 Å². The fourth-order valence-corrected chi connectivity index (χ4v) is 14.8. The molecular weight excluding hydrogens is 550 g/mol. The molecule has 5 rings (SSSR count). The van der Waals surface area contributed by atoms with E-state index in [1.165, 1.54) is 38.5 Å². The van der Waals surface area contributed by atoms with Crippen LogP contribution in [0, 0.1) is 41.4 Å². The Balaban J connectivity index is 1.34. The van der Waals surface area contributed by atoms with Crippen molar-refractivity contribution in [2.75, 3.05) is 0 Å². The molecule has 10 unspecified atom stereocenters. The van der Waals surface area contributed by atoms with Crippen LogP contribution in [-0.2, 0) is 9.53 Å². The van der Waals surface area contributed by atoms with Gasteiger partial charge < -0.3 is 0 Å². The molecule has 0 N–H and O–H groups in total. The molecule has 0 radical (unpaired) electrons. The molecule has 4 saturated carbocycles. The van der Waals surface area contributed by atoms with Crippen LogP contribution < -0.4 is 21.2 Å². The van der Waals surface area contributed by atoms with Gasteiger partial charge in [0.25, 0.3) is 0 Å². The number of rotatable bonds is 4. The van der Waals surface area contributed by atoms with Crippen LogP contribution in [-0.4, -0.2) is 16.9 Å². The van der Waals surface area contributed by atoms with Crippen LogP contribution in [0.5, 0.6) is 0 Å². The van der Waals surface area contributed by atoms with Crippen LogP contribution in [0.15, 0.2) is 0 Å². The summed E-state index contributed by atoms with van der Waals surface area (Å²) in [5.41, 5.74) is -0.220. The van der Waals surface area contributed by atoms with Gasteiger partial charge in [0.15, 0.2) is 0 Å². The average molecular weight is 583 g/mol. The molecule has 0 aromatic carbocycles. The quantitative estimate of drug-likeness (QED) is 0.289. The van der Waals surface area contributed by atoms with Gasteiger partial charge in [-0.2, -0.15) is 0 Å². The van der Waals surface area contributed by atoms with Crippen LogP contribution in [0.4, 0.5) is 0 Å². The predicted molar refractivity (Wildman–Crippen MR) is 108 cm³/mol. The standard InChI is InChI=1S/C22H33I2O2/c1-4-21(3,16-8-7-15-13-5-6-14(10-13)18(15)16)26-19(25)17-9-12(2)11-22(17)20(23)24-22/h12-18,20H,4-11H2,1-3H3/q-1. The van der Waals surface area contributed by atoms with Gasteiger partial charge in [0.2, 0.25) is 0 Å². The first-order chi connectivity index (χ1) is 12.4. The summed E-state index contributed by atoms with van der Waals surface area (Å²) in [5.74, 6) is 5.48. The fraction of sp³-hybridized carbons (Fsp3) is 0.955. The number of hydrogen-bond donors (Lipinski definition) is 0. The van der Waals surface area contributed by atoms with E-state index in [4.69, 9.17) is 4.74 Å². The summed E-state index contributed by atoms with van der Waals surface area (Å²) in [6.45, 7) is 6.89. The van der Waals surface area contributed by atoms with E-state index in [1.807, 2.05) is 0 Å². The third-order valence-corrected chi connectivity index (χ3v) is 16.9. The van der Waals surface area contributed by atoms with E-state index in [2.05, 4.69) is 43.4 Å². The maximum atomic E-state index is 13.4. The van der Waals surface area contributed by atoms with E-state index in [9.17, 15) is 4.79 Å². The van der Waals surface area contributed by atoms with E-state index in [0.29, 0.717) is 15.3 Å². The van der Waals surface area contributed by atoms with Crippen molar-refractivity contribution in [2.45, 2.75) is 83.1 Å². The molecule has 5 fully saturated rings. The maximum absolute atomic E-state index is 13.4. The van der Waals surface area contributed by atoms with Crippen molar-refractivity contribution in [3.8, 4) is 0 Å². The average Bonchev–Trinajstić information content (AvgIpc) is 3.13. The summed E-state index contributed by atoms with van der Waals surface area (Å²) in [5, 5.41) is 0. The Labute approximate surface area is 182 Å². The van der Waals surface area contributed by atoms with Crippen molar-refractivity contribution < 1.29 is 30.7 Å². The second-order valence-electron chi connectivity index (χ2n) is 10.3. The number of halogens is 2. The molecular formula is C22H33I2O2-. The van der Waals surface area contributed by atoms with Crippen molar-refractivity contribution in [3.63, 3.8) is 0 Å². The van der Waals surface area contributed by atoms with Gasteiger partial charge in [0.1, 0.15) is 0 Å². The Bertz CT molecular complexity index is 609. The zero-order valence-corrected chi connectivity index (χ0v) is 20.7. The Hall–Kier alpha value is 0.930. The zero-order valence-electron chi connectivity index (χ0n) is 16.3. The van der Waals surface area contributed by atoms with Crippen LogP contribution >= 0.6 is 22.6 Å². The molecule has 4 heteroatoms. The molecule has 0 aromatic heterocycles. The number of hydrogen-bond acceptors (Lipinski definition) is 2. The second kappa shape index (κ2) is 6.46. The van der Waals surface area contributed by atoms with Gasteiger partial charge >= 0.3 is 184 Å². The Morgan fingerprint density at radius 3 is 2.65 bits per heavy atom. The van der Waals surface area contributed by atoms with Crippen molar-refractivity contribution in [2.24, 2.45) is 41.4 Å². The van der Waals surface area contributed by atoms with Crippen molar-refractivity contribution in [1.29, 1.82) is 0 Å². The Morgan fingerprint density at radius 1 is 1.23 bits per heavy atom. The molecule has 1 heterocycles. The van der Waals surface area contributed by atoms with Gasteiger partial charge in [-0.25, -0.2) is 0 Å². The van der Waals surface area contributed by atoms with E-state index < -0.39 is 0 Å². The molecule has 0 aromatic rings. The zero-order chi connectivity index (χ0) is 18.3. The van der Waals surface area contributed by atoms with Gasteiger partial charge in [0.05, 0.1) is 0 Å². The molecule has 10 atom stereocenters. The summed E-state index contributed by atoms with van der Waals surface area (Å²) >= 11 is 2.83. The van der Waals surface area contributed by atoms with E-state index in [0.717, 1.165) is 38.4 Å². The number of alkyl halides is 3. The van der Waals surface area contributed by atoms with Crippen LogP contribution in [0.25, 0.3) is 0 Å². The first-order valence-electron chi connectivity index (χ1n) is 10.9. The third-order valence-electron chi connectivity index (χ3n) is 9.03. The fourth-order valence-electron chi connectivity index (χ4n) is 7.66. The van der Waals surface area contributed by atoms with Crippen LogP contribution in [0.1, 0.15) is 72.1 Å². The number of fused-ring (bicyclic) bond motifs is 5.